The summed E-state index contributed by atoms with van der Waals surface area (Å²) in [5, 5.41) is 11.6. The van der Waals surface area contributed by atoms with Crippen LogP contribution in [0.15, 0.2) is 48.7 Å². The van der Waals surface area contributed by atoms with Gasteiger partial charge in [-0.25, -0.2) is 4.98 Å². The normalized spacial score (nSPS) is 10.4. The highest BCUT2D eigenvalue weighted by Gasteiger charge is 2.16. The summed E-state index contributed by atoms with van der Waals surface area (Å²) in [7, 11) is 0. The van der Waals surface area contributed by atoms with E-state index in [9.17, 15) is 4.79 Å². The van der Waals surface area contributed by atoms with Gasteiger partial charge in [0.05, 0.1) is 17.1 Å². The molecule has 0 saturated carbocycles. The van der Waals surface area contributed by atoms with E-state index < -0.39 is 0 Å². The van der Waals surface area contributed by atoms with Gasteiger partial charge in [0.2, 0.25) is 0 Å². The molecule has 22 heavy (non-hydrogen) atoms. The van der Waals surface area contributed by atoms with Crippen LogP contribution in [-0.4, -0.2) is 15.3 Å². The number of nitrogens with zero attached hydrogens (tertiary/aromatic N) is 3. The predicted octanol–water partition coefficient (Wildman–Crippen LogP) is 3.02. The molecule has 0 radical (unpaired) electrons. The molecule has 0 aliphatic rings. The highest BCUT2D eigenvalue weighted by atomic mass is 16.1. The fourth-order valence-corrected chi connectivity index (χ4v) is 2.34. The minimum absolute atomic E-state index is 0.256. The van der Waals surface area contributed by atoms with Crippen molar-refractivity contribution in [1.29, 1.82) is 5.26 Å². The summed E-state index contributed by atoms with van der Waals surface area (Å²) in [6.07, 6.45) is 2.65. The van der Waals surface area contributed by atoms with E-state index >= 15 is 0 Å². The van der Waals surface area contributed by atoms with Gasteiger partial charge in [0.15, 0.2) is 5.69 Å². The van der Waals surface area contributed by atoms with Gasteiger partial charge in [-0.15, -0.1) is 0 Å². The Hall–Kier alpha value is -3.13. The predicted molar refractivity (Wildman–Crippen MR) is 83.7 cm³/mol. The van der Waals surface area contributed by atoms with Crippen LogP contribution >= 0.6 is 0 Å². The highest BCUT2D eigenvalue weighted by molar-refractivity contribution is 6.07. The van der Waals surface area contributed by atoms with Crippen molar-refractivity contribution in [3.8, 4) is 6.07 Å². The topological polar surface area (TPSA) is 70.2 Å². The third kappa shape index (κ3) is 2.42. The number of rotatable bonds is 3. The molecular formula is C17H14N4O. The lowest BCUT2D eigenvalue weighted by atomic mass is 10.2. The maximum atomic E-state index is 12.5. The molecular weight excluding hydrogens is 276 g/mol. The Morgan fingerprint density at radius 3 is 2.73 bits per heavy atom. The van der Waals surface area contributed by atoms with E-state index in [0.717, 1.165) is 17.8 Å². The van der Waals surface area contributed by atoms with Crippen LogP contribution in [0.1, 0.15) is 28.8 Å². The lowest BCUT2D eigenvalue weighted by molar-refractivity contribution is 0.102. The average molecular weight is 290 g/mol. The zero-order valence-electron chi connectivity index (χ0n) is 12.1. The van der Waals surface area contributed by atoms with Gasteiger partial charge in [0.1, 0.15) is 5.82 Å². The summed E-state index contributed by atoms with van der Waals surface area (Å²) in [6.45, 7) is 2.00. The number of aryl methyl sites for hydroxylation is 1. The molecule has 0 aliphatic heterocycles. The molecule has 0 atom stereocenters. The number of anilines is 1. The first-order valence-electron chi connectivity index (χ1n) is 7.00. The lowest BCUT2D eigenvalue weighted by Gasteiger charge is -2.03. The van der Waals surface area contributed by atoms with Crippen LogP contribution in [0, 0.1) is 11.3 Å². The second kappa shape index (κ2) is 5.70. The number of carbonyl (C=O) groups is 1. The van der Waals surface area contributed by atoms with Gasteiger partial charge in [-0.1, -0.05) is 13.0 Å². The molecule has 0 unspecified atom stereocenters. The van der Waals surface area contributed by atoms with Crippen LogP contribution in [0.5, 0.6) is 0 Å². The molecule has 5 nitrogen and oxygen atoms in total. The molecule has 2 aromatic heterocycles. The van der Waals surface area contributed by atoms with E-state index in [1.165, 1.54) is 0 Å². The Balaban J connectivity index is 1.93. The molecule has 3 aromatic rings. The largest absolute Gasteiger partial charge is 0.321 e. The molecule has 108 valence electrons. The Bertz CT molecular complexity index is 872. The van der Waals surface area contributed by atoms with Gasteiger partial charge in [-0.3, -0.25) is 4.79 Å². The summed E-state index contributed by atoms with van der Waals surface area (Å²) >= 11 is 0. The van der Waals surface area contributed by atoms with Crippen LogP contribution in [-0.2, 0) is 6.42 Å². The number of fused-ring (bicyclic) bond motifs is 1. The summed E-state index contributed by atoms with van der Waals surface area (Å²) in [5.74, 6) is 0.591. The molecule has 3 rings (SSSR count). The number of nitrogens with one attached hydrogen (secondary N) is 1. The summed E-state index contributed by atoms with van der Waals surface area (Å²) < 4.78 is 1.92. The summed E-state index contributed by atoms with van der Waals surface area (Å²) in [5.41, 5.74) is 2.38. The molecule has 5 heteroatoms. The number of aromatic nitrogens is 2. The second-order valence-electron chi connectivity index (χ2n) is 4.83. The number of benzene rings is 1. The van der Waals surface area contributed by atoms with Crippen molar-refractivity contribution in [2.75, 3.05) is 5.32 Å². The Morgan fingerprint density at radius 1 is 1.27 bits per heavy atom. The maximum Gasteiger partial charge on any atom is 0.276 e. The molecule has 2 heterocycles. The molecule has 0 saturated heterocycles. The van der Waals surface area contributed by atoms with Gasteiger partial charge < -0.3 is 9.72 Å². The van der Waals surface area contributed by atoms with Crippen LogP contribution in [0.4, 0.5) is 5.69 Å². The van der Waals surface area contributed by atoms with E-state index in [2.05, 4.69) is 10.3 Å². The fraction of sp³-hybridized carbons (Fsp3) is 0.118. The monoisotopic (exact) mass is 290 g/mol. The smallest absolute Gasteiger partial charge is 0.276 e. The third-order valence-electron chi connectivity index (χ3n) is 3.42. The number of nitriles is 1. The summed E-state index contributed by atoms with van der Waals surface area (Å²) in [4.78, 5) is 16.9. The van der Waals surface area contributed by atoms with Gasteiger partial charge in [-0.2, -0.15) is 5.26 Å². The van der Waals surface area contributed by atoms with Crippen molar-refractivity contribution < 1.29 is 4.79 Å². The number of amides is 1. The van der Waals surface area contributed by atoms with Crippen LogP contribution in [0.25, 0.3) is 5.52 Å². The first-order valence-corrected chi connectivity index (χ1v) is 7.00. The Kier molecular flexibility index (Phi) is 3.58. The van der Waals surface area contributed by atoms with Crippen molar-refractivity contribution in [3.05, 3.63) is 65.7 Å². The minimum Gasteiger partial charge on any atom is -0.321 e. The van der Waals surface area contributed by atoms with Crippen LogP contribution in [0.3, 0.4) is 0 Å². The Labute approximate surface area is 127 Å². The van der Waals surface area contributed by atoms with Gasteiger partial charge in [-0.05, 0) is 36.4 Å². The highest BCUT2D eigenvalue weighted by Crippen LogP contribution is 2.16. The average Bonchev–Trinajstić information content (AvgIpc) is 2.94. The molecule has 0 fully saturated rings. The SMILES string of the molecule is CCc1nc(C(=O)Nc2ccc(C#N)cc2)c2ccccn12. The van der Waals surface area contributed by atoms with E-state index in [1.807, 2.05) is 41.8 Å². The van der Waals surface area contributed by atoms with Gasteiger partial charge >= 0.3 is 0 Å². The molecule has 1 amide bonds. The van der Waals surface area contributed by atoms with Crippen molar-refractivity contribution in [2.24, 2.45) is 0 Å². The van der Waals surface area contributed by atoms with Gasteiger partial charge in [0.25, 0.3) is 5.91 Å². The van der Waals surface area contributed by atoms with Crippen molar-refractivity contribution in [2.45, 2.75) is 13.3 Å². The summed E-state index contributed by atoms with van der Waals surface area (Å²) in [6, 6.07) is 14.5. The quantitative estimate of drug-likeness (QED) is 0.806. The molecule has 0 bridgehead atoms. The van der Waals surface area contributed by atoms with Gasteiger partial charge in [0, 0.05) is 18.3 Å². The Morgan fingerprint density at radius 2 is 2.05 bits per heavy atom. The number of carbonyl (C=O) groups excluding carboxylic acids is 1. The second-order valence-corrected chi connectivity index (χ2v) is 4.83. The number of pyridine rings is 1. The standard InChI is InChI=1S/C17H14N4O/c1-2-15-20-16(14-5-3-4-10-21(14)15)17(22)19-13-8-6-12(11-18)7-9-13/h3-10H,2H2,1H3,(H,19,22). The first kappa shape index (κ1) is 13.8. The minimum atomic E-state index is -0.256. The fourth-order valence-electron chi connectivity index (χ4n) is 2.34. The van der Waals surface area contributed by atoms with Crippen molar-refractivity contribution >= 4 is 17.1 Å². The molecule has 0 spiro atoms. The molecule has 1 N–H and O–H groups in total. The number of imidazole rings is 1. The molecule has 1 aromatic carbocycles. The van der Waals surface area contributed by atoms with Crippen LogP contribution in [0.2, 0.25) is 0 Å². The maximum absolute atomic E-state index is 12.5. The molecule has 0 aliphatic carbocycles. The van der Waals surface area contributed by atoms with E-state index in [4.69, 9.17) is 5.26 Å². The van der Waals surface area contributed by atoms with E-state index in [-0.39, 0.29) is 5.91 Å². The zero-order chi connectivity index (χ0) is 15.5. The van der Waals surface area contributed by atoms with Crippen molar-refractivity contribution in [3.63, 3.8) is 0 Å². The number of hydrogen-bond acceptors (Lipinski definition) is 3. The van der Waals surface area contributed by atoms with E-state index in [1.54, 1.807) is 24.3 Å². The third-order valence-corrected chi connectivity index (χ3v) is 3.42. The lowest BCUT2D eigenvalue weighted by Crippen LogP contribution is -2.12. The van der Waals surface area contributed by atoms with Crippen LogP contribution < -0.4 is 5.32 Å². The van der Waals surface area contributed by atoms with Crippen molar-refractivity contribution in [1.82, 2.24) is 9.38 Å². The number of hydrogen-bond donors (Lipinski definition) is 1. The van der Waals surface area contributed by atoms with E-state index in [0.29, 0.717) is 16.9 Å². The first-order chi connectivity index (χ1) is 10.7. The zero-order valence-corrected chi connectivity index (χ0v) is 12.1.